The minimum atomic E-state index is -0.517. The maximum atomic E-state index is 13.0. The van der Waals surface area contributed by atoms with Crippen LogP contribution >= 0.6 is 0 Å². The Bertz CT molecular complexity index is 1300. The van der Waals surface area contributed by atoms with Gasteiger partial charge in [-0.15, -0.1) is 5.10 Å². The van der Waals surface area contributed by atoms with Crippen LogP contribution in [-0.4, -0.2) is 40.9 Å². The van der Waals surface area contributed by atoms with Crippen LogP contribution in [0.15, 0.2) is 91.6 Å². The molecule has 3 aromatic heterocycles. The van der Waals surface area contributed by atoms with E-state index in [0.29, 0.717) is 17.0 Å². The van der Waals surface area contributed by atoms with E-state index in [4.69, 9.17) is 4.74 Å². The molecule has 0 radical (unpaired) electrons. The number of rotatable bonds is 5. The average Bonchev–Trinajstić information content (AvgIpc) is 3.52. The highest BCUT2D eigenvalue weighted by atomic mass is 16.5. The van der Waals surface area contributed by atoms with E-state index in [1.807, 2.05) is 36.4 Å². The summed E-state index contributed by atoms with van der Waals surface area (Å²) in [5, 5.41) is 15.7. The van der Waals surface area contributed by atoms with Gasteiger partial charge < -0.3 is 4.74 Å². The second kappa shape index (κ2) is 7.99. The minimum Gasteiger partial charge on any atom is -0.423 e. The van der Waals surface area contributed by atoms with Gasteiger partial charge in [-0.2, -0.15) is 5.10 Å². The number of hydrogen-bond acceptors (Lipinski definition) is 7. The topological polar surface area (TPSA) is 101 Å². The number of ether oxygens (including phenoxy) is 1. The molecule has 0 spiro atoms. The fraction of sp³-hybridized carbons (Fsp3) is 0. The molecule has 0 bridgehead atoms. The molecule has 3 heterocycles. The molecule has 0 amide bonds. The summed E-state index contributed by atoms with van der Waals surface area (Å²) in [6.07, 6.45) is 6.48. The van der Waals surface area contributed by atoms with Gasteiger partial charge in [-0.1, -0.05) is 18.2 Å². The van der Waals surface area contributed by atoms with Crippen LogP contribution in [0.3, 0.4) is 0 Å². The van der Waals surface area contributed by atoms with Crippen LogP contribution in [0, 0.1) is 0 Å². The van der Waals surface area contributed by atoms with Crippen molar-refractivity contribution in [3.63, 3.8) is 0 Å². The van der Waals surface area contributed by atoms with Crippen molar-refractivity contribution < 1.29 is 9.53 Å². The van der Waals surface area contributed by atoms with Gasteiger partial charge in [0.2, 0.25) is 0 Å². The van der Waals surface area contributed by atoms with E-state index in [9.17, 15) is 4.79 Å². The molecule has 0 N–H and O–H groups in total. The Kier molecular flexibility index (Phi) is 4.74. The molecule has 9 heteroatoms. The Morgan fingerprint density at radius 2 is 1.68 bits per heavy atom. The fourth-order valence-corrected chi connectivity index (χ4v) is 3.06. The lowest BCUT2D eigenvalue weighted by atomic mass is 10.1. The van der Waals surface area contributed by atoms with E-state index in [0.717, 1.165) is 16.9 Å². The molecule has 5 aromatic rings. The van der Waals surface area contributed by atoms with E-state index in [1.54, 1.807) is 53.6 Å². The van der Waals surface area contributed by atoms with E-state index < -0.39 is 5.97 Å². The second-order valence-electron chi connectivity index (χ2n) is 6.55. The van der Waals surface area contributed by atoms with Crippen LogP contribution in [0.25, 0.3) is 22.6 Å². The van der Waals surface area contributed by atoms with Crippen LogP contribution in [0.4, 0.5) is 0 Å². The monoisotopic (exact) mass is 409 g/mol. The summed E-state index contributed by atoms with van der Waals surface area (Å²) in [5.41, 5.74) is 3.13. The van der Waals surface area contributed by atoms with E-state index >= 15 is 0 Å². The first-order valence-corrected chi connectivity index (χ1v) is 9.39. The first-order chi connectivity index (χ1) is 15.3. The van der Waals surface area contributed by atoms with Gasteiger partial charge in [0.15, 0.2) is 0 Å². The first kappa shape index (κ1) is 18.4. The zero-order valence-corrected chi connectivity index (χ0v) is 16.1. The molecular weight excluding hydrogens is 394 g/mol. The number of aromatic nitrogens is 7. The van der Waals surface area contributed by atoms with Crippen LogP contribution < -0.4 is 4.74 Å². The number of carbonyl (C=O) groups is 1. The third-order valence-electron chi connectivity index (χ3n) is 4.55. The minimum absolute atomic E-state index is 0.335. The van der Waals surface area contributed by atoms with E-state index in [-0.39, 0.29) is 0 Å². The molecule has 0 fully saturated rings. The lowest BCUT2D eigenvalue weighted by Crippen LogP contribution is -2.09. The lowest BCUT2D eigenvalue weighted by molar-refractivity contribution is 0.0735. The van der Waals surface area contributed by atoms with Crippen molar-refractivity contribution >= 4 is 5.97 Å². The summed E-state index contributed by atoms with van der Waals surface area (Å²) in [5.74, 6) is -0.123. The summed E-state index contributed by atoms with van der Waals surface area (Å²) < 4.78 is 8.77. The molecule has 2 aromatic carbocycles. The van der Waals surface area contributed by atoms with Crippen molar-refractivity contribution in [2.75, 3.05) is 0 Å². The summed E-state index contributed by atoms with van der Waals surface area (Å²) in [6.45, 7) is 0. The zero-order chi connectivity index (χ0) is 21.0. The standard InChI is InChI=1S/C22H15N7O2/c30-22(31-19-10-8-18(9-11-19)29-15-24-26-27-29)20-14-28(17-6-2-1-3-7-17)25-21(20)16-5-4-12-23-13-16/h1-15H. The highest BCUT2D eigenvalue weighted by molar-refractivity contribution is 5.97. The van der Waals surface area contributed by atoms with Gasteiger partial charge in [0.05, 0.1) is 11.4 Å². The summed E-state index contributed by atoms with van der Waals surface area (Å²) >= 11 is 0. The number of carbonyl (C=O) groups excluding carboxylic acids is 1. The number of tetrazole rings is 1. The average molecular weight is 409 g/mol. The van der Waals surface area contributed by atoms with Gasteiger partial charge in [0.1, 0.15) is 23.3 Å². The summed E-state index contributed by atoms with van der Waals surface area (Å²) in [6, 6.07) is 20.1. The van der Waals surface area contributed by atoms with Crippen LogP contribution in [0.2, 0.25) is 0 Å². The molecule has 0 saturated carbocycles. The predicted molar refractivity (Wildman–Crippen MR) is 111 cm³/mol. The molecule has 31 heavy (non-hydrogen) atoms. The molecule has 0 aliphatic carbocycles. The number of hydrogen-bond donors (Lipinski definition) is 0. The Morgan fingerprint density at radius 1 is 0.871 bits per heavy atom. The molecule has 5 rings (SSSR count). The van der Waals surface area contributed by atoms with Crippen LogP contribution in [0.5, 0.6) is 5.75 Å². The Morgan fingerprint density at radius 3 is 2.39 bits per heavy atom. The highest BCUT2D eigenvalue weighted by Gasteiger charge is 2.21. The molecular formula is C22H15N7O2. The number of benzene rings is 2. The number of esters is 1. The Labute approximate surface area is 176 Å². The number of para-hydroxylation sites is 1. The Hall–Kier alpha value is -4.66. The van der Waals surface area contributed by atoms with Gasteiger partial charge >= 0.3 is 5.97 Å². The van der Waals surface area contributed by atoms with Crippen LogP contribution in [0.1, 0.15) is 10.4 Å². The lowest BCUT2D eigenvalue weighted by Gasteiger charge is -2.05. The largest absolute Gasteiger partial charge is 0.423 e. The van der Waals surface area contributed by atoms with Gasteiger partial charge in [-0.3, -0.25) is 4.98 Å². The molecule has 0 saturated heterocycles. The third kappa shape index (κ3) is 3.79. The summed E-state index contributed by atoms with van der Waals surface area (Å²) in [4.78, 5) is 17.2. The van der Waals surface area contributed by atoms with Crippen molar-refractivity contribution in [3.8, 4) is 28.4 Å². The third-order valence-corrected chi connectivity index (χ3v) is 4.55. The van der Waals surface area contributed by atoms with E-state index in [2.05, 4.69) is 25.6 Å². The maximum Gasteiger partial charge on any atom is 0.347 e. The van der Waals surface area contributed by atoms with Crippen molar-refractivity contribution in [3.05, 3.63) is 97.2 Å². The van der Waals surface area contributed by atoms with Gasteiger partial charge in [-0.05, 0) is 59.0 Å². The Balaban J connectivity index is 1.47. The summed E-state index contributed by atoms with van der Waals surface area (Å²) in [7, 11) is 0. The van der Waals surface area contributed by atoms with Crippen molar-refractivity contribution in [2.45, 2.75) is 0 Å². The first-order valence-electron chi connectivity index (χ1n) is 9.39. The zero-order valence-electron chi connectivity index (χ0n) is 16.1. The van der Waals surface area contributed by atoms with E-state index in [1.165, 1.54) is 11.0 Å². The predicted octanol–water partition coefficient (Wildman–Crippen LogP) is 3.13. The number of nitrogens with zero attached hydrogens (tertiary/aromatic N) is 7. The van der Waals surface area contributed by atoms with Crippen LogP contribution in [-0.2, 0) is 0 Å². The SMILES string of the molecule is O=C(Oc1ccc(-n2cnnn2)cc1)c1cn(-c2ccccc2)nc1-c1cccnc1. The highest BCUT2D eigenvalue weighted by Crippen LogP contribution is 2.25. The normalized spacial score (nSPS) is 10.7. The maximum absolute atomic E-state index is 13.0. The quantitative estimate of drug-likeness (QED) is 0.325. The molecule has 0 aliphatic rings. The van der Waals surface area contributed by atoms with Crippen molar-refractivity contribution in [1.29, 1.82) is 0 Å². The smallest absolute Gasteiger partial charge is 0.347 e. The van der Waals surface area contributed by atoms with Gasteiger partial charge in [0, 0.05) is 24.2 Å². The molecule has 0 unspecified atom stereocenters. The number of pyridine rings is 1. The second-order valence-corrected chi connectivity index (χ2v) is 6.55. The molecule has 0 aliphatic heterocycles. The van der Waals surface area contributed by atoms with Gasteiger partial charge in [0.25, 0.3) is 0 Å². The van der Waals surface area contributed by atoms with Gasteiger partial charge in [-0.25, -0.2) is 14.2 Å². The molecule has 9 nitrogen and oxygen atoms in total. The molecule has 150 valence electrons. The fourth-order valence-electron chi connectivity index (χ4n) is 3.06. The van der Waals surface area contributed by atoms with Crippen molar-refractivity contribution in [1.82, 2.24) is 35.0 Å². The van der Waals surface area contributed by atoms with Crippen molar-refractivity contribution in [2.24, 2.45) is 0 Å². The molecule has 0 atom stereocenters.